The van der Waals surface area contributed by atoms with Crippen LogP contribution >= 0.6 is 0 Å². The Balaban J connectivity index is 1.32. The Morgan fingerprint density at radius 1 is 1.09 bits per heavy atom. The number of nitrogens with zero attached hydrogens (tertiary/aromatic N) is 4. The van der Waals surface area contributed by atoms with Gasteiger partial charge in [-0.05, 0) is 36.1 Å². The summed E-state index contributed by atoms with van der Waals surface area (Å²) in [6.07, 6.45) is 6.86. The van der Waals surface area contributed by atoms with Gasteiger partial charge in [0, 0.05) is 37.6 Å². The Morgan fingerprint density at radius 3 is 2.69 bits per heavy atom. The number of carbonyl (C=O) groups is 1. The Morgan fingerprint density at radius 2 is 1.88 bits per heavy atom. The summed E-state index contributed by atoms with van der Waals surface area (Å²) in [5, 5.41) is 3.05. The molecule has 1 fully saturated rings. The largest absolute Gasteiger partial charge is 0.350 e. The normalized spacial score (nSPS) is 18.9. The molecule has 0 radical (unpaired) electrons. The molecule has 164 valence electrons. The van der Waals surface area contributed by atoms with Gasteiger partial charge in [-0.2, -0.15) is 8.42 Å². The topological polar surface area (TPSA) is 96.7 Å². The lowest BCUT2D eigenvalue weighted by molar-refractivity contribution is -0.124. The maximum absolute atomic E-state index is 13.1. The van der Waals surface area contributed by atoms with Crippen molar-refractivity contribution >= 4 is 21.8 Å². The number of imidazole rings is 1. The van der Waals surface area contributed by atoms with Gasteiger partial charge < -0.3 is 14.8 Å². The predicted octanol–water partition coefficient (Wildman–Crippen LogP) is 2.16. The molecule has 2 aliphatic heterocycles. The standard InChI is InChI=1S/C23H23N5O3S/c29-23(25-14-17-6-1-2-7-18(17)15-27-13-11-24-16-27)20-9-5-12-28(20)22-19-8-3-4-10-21(19)32(30,31)26-22/h1-4,6-8,10-11,13,16,20H,5,9,12,14-15H2,(H,25,29)/t20-/m0/s1. The van der Waals surface area contributed by atoms with E-state index in [1.54, 1.807) is 36.8 Å². The summed E-state index contributed by atoms with van der Waals surface area (Å²) >= 11 is 0. The van der Waals surface area contributed by atoms with E-state index >= 15 is 0 Å². The van der Waals surface area contributed by atoms with Crippen molar-refractivity contribution in [1.29, 1.82) is 0 Å². The highest BCUT2D eigenvalue weighted by molar-refractivity contribution is 7.90. The van der Waals surface area contributed by atoms with Gasteiger partial charge in [-0.3, -0.25) is 4.79 Å². The highest BCUT2D eigenvalue weighted by atomic mass is 32.2. The van der Waals surface area contributed by atoms with E-state index in [1.807, 2.05) is 39.9 Å². The zero-order valence-corrected chi connectivity index (χ0v) is 18.2. The second-order valence-electron chi connectivity index (χ2n) is 7.96. The monoisotopic (exact) mass is 449 g/mol. The molecular formula is C23H23N5O3S. The van der Waals surface area contributed by atoms with E-state index in [1.165, 1.54) is 0 Å². The lowest BCUT2D eigenvalue weighted by Crippen LogP contribution is -2.45. The summed E-state index contributed by atoms with van der Waals surface area (Å²) < 4.78 is 30.9. The number of carbonyl (C=O) groups excluding carboxylic acids is 1. The Kier molecular flexibility index (Phi) is 5.26. The lowest BCUT2D eigenvalue weighted by atomic mass is 10.1. The molecule has 1 N–H and O–H groups in total. The average molecular weight is 450 g/mol. The maximum Gasteiger partial charge on any atom is 0.285 e. The maximum atomic E-state index is 13.1. The third-order valence-corrected chi connectivity index (χ3v) is 7.25. The Labute approximate surface area is 186 Å². The van der Waals surface area contributed by atoms with E-state index < -0.39 is 16.1 Å². The first-order valence-corrected chi connectivity index (χ1v) is 12.0. The van der Waals surface area contributed by atoms with Crippen molar-refractivity contribution in [3.63, 3.8) is 0 Å². The third-order valence-electron chi connectivity index (χ3n) is 5.92. The molecule has 0 aliphatic carbocycles. The van der Waals surface area contributed by atoms with E-state index in [-0.39, 0.29) is 10.8 Å². The van der Waals surface area contributed by atoms with Crippen LogP contribution in [0, 0.1) is 0 Å². The number of benzene rings is 2. The molecule has 0 spiro atoms. The molecule has 8 nitrogen and oxygen atoms in total. The molecular weight excluding hydrogens is 426 g/mol. The first-order valence-electron chi connectivity index (χ1n) is 10.5. The molecule has 1 amide bonds. The number of amidine groups is 1. The summed E-state index contributed by atoms with van der Waals surface area (Å²) in [4.78, 5) is 19.2. The number of likely N-dealkylation sites (tertiary alicyclic amines) is 1. The van der Waals surface area contributed by atoms with Crippen molar-refractivity contribution < 1.29 is 13.2 Å². The van der Waals surface area contributed by atoms with Crippen molar-refractivity contribution in [3.8, 4) is 0 Å². The van der Waals surface area contributed by atoms with Crippen LogP contribution in [0.2, 0.25) is 0 Å². The SMILES string of the molecule is O=C(NCc1ccccc1Cn1ccnc1)[C@@H]1CCCN1C1=NS(=O)(=O)c2ccccc21. The predicted molar refractivity (Wildman–Crippen MR) is 120 cm³/mol. The van der Waals surface area contributed by atoms with Crippen molar-refractivity contribution in [3.05, 3.63) is 83.9 Å². The van der Waals surface area contributed by atoms with E-state index in [4.69, 9.17) is 0 Å². The molecule has 0 bridgehead atoms. The van der Waals surface area contributed by atoms with Gasteiger partial charge in [0.15, 0.2) is 5.84 Å². The number of nitrogens with one attached hydrogen (secondary N) is 1. The molecule has 2 aliphatic rings. The molecule has 3 aromatic rings. The molecule has 32 heavy (non-hydrogen) atoms. The van der Waals surface area contributed by atoms with Gasteiger partial charge in [-0.15, -0.1) is 4.40 Å². The molecule has 0 unspecified atom stereocenters. The van der Waals surface area contributed by atoms with Gasteiger partial charge >= 0.3 is 0 Å². The first-order chi connectivity index (χ1) is 15.5. The van der Waals surface area contributed by atoms with Crippen LogP contribution in [0.5, 0.6) is 0 Å². The summed E-state index contributed by atoms with van der Waals surface area (Å²) in [5.74, 6) is 0.253. The molecule has 1 aromatic heterocycles. The van der Waals surface area contributed by atoms with Gasteiger partial charge in [0.05, 0.1) is 6.33 Å². The summed E-state index contributed by atoms with van der Waals surface area (Å²) in [6.45, 7) is 1.67. The van der Waals surface area contributed by atoms with E-state index in [9.17, 15) is 13.2 Å². The fourth-order valence-corrected chi connectivity index (χ4v) is 5.57. The molecule has 1 saturated heterocycles. The van der Waals surface area contributed by atoms with Crippen LogP contribution in [0.1, 0.15) is 29.5 Å². The summed E-state index contributed by atoms with van der Waals surface area (Å²) in [6, 6.07) is 14.3. The van der Waals surface area contributed by atoms with E-state index in [2.05, 4.69) is 14.7 Å². The zero-order valence-electron chi connectivity index (χ0n) is 17.4. The van der Waals surface area contributed by atoms with Gasteiger partial charge in [-0.1, -0.05) is 36.4 Å². The third kappa shape index (κ3) is 3.80. The zero-order chi connectivity index (χ0) is 22.1. The summed E-state index contributed by atoms with van der Waals surface area (Å²) in [7, 11) is -3.72. The van der Waals surface area contributed by atoms with E-state index in [0.717, 1.165) is 17.5 Å². The molecule has 2 aromatic carbocycles. The lowest BCUT2D eigenvalue weighted by Gasteiger charge is -2.25. The molecule has 0 saturated carbocycles. The number of hydrogen-bond donors (Lipinski definition) is 1. The Bertz CT molecular complexity index is 1280. The van der Waals surface area contributed by atoms with Gasteiger partial charge in [-0.25, -0.2) is 4.98 Å². The second-order valence-corrected chi connectivity index (χ2v) is 9.53. The minimum Gasteiger partial charge on any atom is -0.350 e. The number of sulfonamides is 1. The van der Waals surface area contributed by atoms with Crippen LogP contribution < -0.4 is 5.32 Å². The van der Waals surface area contributed by atoms with Crippen LogP contribution in [0.4, 0.5) is 0 Å². The van der Waals surface area contributed by atoms with Crippen molar-refractivity contribution in [2.24, 2.45) is 4.40 Å². The van der Waals surface area contributed by atoms with Gasteiger partial charge in [0.1, 0.15) is 10.9 Å². The van der Waals surface area contributed by atoms with Crippen LogP contribution in [-0.2, 0) is 27.9 Å². The van der Waals surface area contributed by atoms with Crippen LogP contribution in [-0.4, -0.2) is 47.2 Å². The fraction of sp³-hybridized carbons (Fsp3) is 0.261. The van der Waals surface area contributed by atoms with E-state index in [0.29, 0.717) is 37.5 Å². The van der Waals surface area contributed by atoms with Crippen molar-refractivity contribution in [2.75, 3.05) is 6.54 Å². The molecule has 1 atom stereocenters. The van der Waals surface area contributed by atoms with Crippen LogP contribution in [0.15, 0.2) is 76.5 Å². The van der Waals surface area contributed by atoms with Gasteiger partial charge in [0.2, 0.25) is 5.91 Å². The fourth-order valence-electron chi connectivity index (χ4n) is 4.35. The quantitative estimate of drug-likeness (QED) is 0.644. The minimum atomic E-state index is -3.72. The van der Waals surface area contributed by atoms with Crippen LogP contribution in [0.25, 0.3) is 0 Å². The number of aromatic nitrogens is 2. The van der Waals surface area contributed by atoms with Crippen LogP contribution in [0.3, 0.4) is 0 Å². The summed E-state index contributed by atoms with van der Waals surface area (Å²) in [5.41, 5.74) is 2.71. The number of amides is 1. The molecule has 3 heterocycles. The number of hydrogen-bond acceptors (Lipinski definition) is 5. The first kappa shape index (κ1) is 20.4. The highest BCUT2D eigenvalue weighted by Crippen LogP contribution is 2.31. The Hall–Kier alpha value is -3.46. The second kappa shape index (κ2) is 8.23. The van der Waals surface area contributed by atoms with Gasteiger partial charge in [0.25, 0.3) is 10.0 Å². The highest BCUT2D eigenvalue weighted by Gasteiger charge is 2.39. The van der Waals surface area contributed by atoms with Crippen molar-refractivity contribution in [2.45, 2.75) is 36.9 Å². The minimum absolute atomic E-state index is 0.121. The van der Waals surface area contributed by atoms with Crippen molar-refractivity contribution in [1.82, 2.24) is 19.8 Å². The molecule has 9 heteroatoms. The smallest absolute Gasteiger partial charge is 0.285 e. The number of fused-ring (bicyclic) bond motifs is 1. The number of rotatable bonds is 5. The molecule has 5 rings (SSSR count). The average Bonchev–Trinajstić information content (AvgIpc) is 3.53.